The molecule has 0 bridgehead atoms. The molecule has 0 aliphatic carbocycles. The van der Waals surface area contributed by atoms with E-state index in [1.807, 2.05) is 0 Å². The minimum Gasteiger partial charge on any atom is -0.0928 e. The Kier molecular flexibility index (Phi) is 10.8. The summed E-state index contributed by atoms with van der Waals surface area (Å²) in [6.07, 6.45) is 9.51. The molecule has 0 aromatic heterocycles. The Morgan fingerprint density at radius 3 is 2.25 bits per heavy atom. The summed E-state index contributed by atoms with van der Waals surface area (Å²) in [4.78, 5) is 0.756. The van der Waals surface area contributed by atoms with E-state index in [1.165, 1.54) is 44.9 Å². The third-order valence-electron chi connectivity index (χ3n) is 2.02. The maximum Gasteiger partial charge on any atom is 0.0146 e. The van der Waals surface area contributed by atoms with Crippen molar-refractivity contribution in [2.75, 3.05) is 5.33 Å². The van der Waals surface area contributed by atoms with E-state index in [-0.39, 0.29) is 0 Å². The molecule has 0 spiro atoms. The second kappa shape index (κ2) is 10.0. The number of hydrogen-bond donors (Lipinski definition) is 0. The van der Waals surface area contributed by atoms with E-state index in [9.17, 15) is 0 Å². The Hall–Kier alpha value is 0.960. The molecule has 0 aromatic carbocycles. The van der Waals surface area contributed by atoms with Crippen molar-refractivity contribution in [3.63, 3.8) is 0 Å². The molecule has 0 heterocycles. The maximum atomic E-state index is 3.71. The molecule has 1 unspecified atom stereocenters. The maximum absolute atomic E-state index is 3.71. The Morgan fingerprint density at radius 2 is 1.67 bits per heavy atom. The van der Waals surface area contributed by atoms with Gasteiger partial charge in [-0.05, 0) is 19.3 Å². The summed E-state index contributed by atoms with van der Waals surface area (Å²) in [7, 11) is 0. The molecule has 0 saturated carbocycles. The average molecular weight is 300 g/mol. The van der Waals surface area contributed by atoms with Gasteiger partial charge in [0, 0.05) is 10.2 Å². The number of rotatable bonds is 8. The molecule has 0 radical (unpaired) electrons. The Bertz CT molecular complexity index is 83.9. The fourth-order valence-corrected chi connectivity index (χ4v) is 2.21. The number of hydrogen-bond acceptors (Lipinski definition) is 0. The molecule has 0 N–H and O–H groups in total. The highest BCUT2D eigenvalue weighted by Gasteiger charge is 2.02. The monoisotopic (exact) mass is 298 g/mol. The van der Waals surface area contributed by atoms with Gasteiger partial charge in [0.1, 0.15) is 0 Å². The van der Waals surface area contributed by atoms with Crippen LogP contribution in [0, 0.1) is 0 Å². The fraction of sp³-hybridized carbons (Fsp3) is 1.00. The van der Waals surface area contributed by atoms with Gasteiger partial charge in [0.05, 0.1) is 0 Å². The smallest absolute Gasteiger partial charge is 0.0146 e. The highest BCUT2D eigenvalue weighted by Crippen LogP contribution is 2.17. The molecule has 12 heavy (non-hydrogen) atoms. The summed E-state index contributed by atoms with van der Waals surface area (Å²) < 4.78 is 0. The Morgan fingerprint density at radius 1 is 1.00 bits per heavy atom. The lowest BCUT2D eigenvalue weighted by molar-refractivity contribution is 0.601. The first-order valence-electron chi connectivity index (χ1n) is 5.01. The minimum atomic E-state index is 0.756. The van der Waals surface area contributed by atoms with Crippen LogP contribution >= 0.6 is 31.9 Å². The minimum absolute atomic E-state index is 0.756. The van der Waals surface area contributed by atoms with Crippen LogP contribution in [0.25, 0.3) is 0 Å². The predicted molar refractivity (Wildman–Crippen MR) is 64.5 cm³/mol. The SMILES string of the molecule is CCCCCCC(Br)CCCBr. The summed E-state index contributed by atoms with van der Waals surface area (Å²) in [5, 5.41) is 1.14. The predicted octanol–water partition coefficient (Wildman–Crippen LogP) is 4.90. The van der Waals surface area contributed by atoms with E-state index in [4.69, 9.17) is 0 Å². The van der Waals surface area contributed by atoms with Crippen LogP contribution in [-0.4, -0.2) is 10.2 Å². The Balaban J connectivity index is 3.02. The molecule has 2 heteroatoms. The molecule has 0 aromatic rings. The van der Waals surface area contributed by atoms with Gasteiger partial charge in [-0.3, -0.25) is 0 Å². The third kappa shape index (κ3) is 9.05. The highest BCUT2D eigenvalue weighted by molar-refractivity contribution is 9.09. The highest BCUT2D eigenvalue weighted by atomic mass is 79.9. The lowest BCUT2D eigenvalue weighted by atomic mass is 10.1. The zero-order chi connectivity index (χ0) is 9.23. The van der Waals surface area contributed by atoms with Gasteiger partial charge in [0.25, 0.3) is 0 Å². The van der Waals surface area contributed by atoms with Gasteiger partial charge in [-0.25, -0.2) is 0 Å². The van der Waals surface area contributed by atoms with Crippen molar-refractivity contribution < 1.29 is 0 Å². The van der Waals surface area contributed by atoms with Crippen molar-refractivity contribution in [3.8, 4) is 0 Å². The van der Waals surface area contributed by atoms with Crippen LogP contribution in [0.1, 0.15) is 51.9 Å². The van der Waals surface area contributed by atoms with E-state index in [0.29, 0.717) is 0 Å². The summed E-state index contributed by atoms with van der Waals surface area (Å²) in [6.45, 7) is 2.26. The van der Waals surface area contributed by atoms with Gasteiger partial charge in [-0.1, -0.05) is 64.5 Å². The van der Waals surface area contributed by atoms with Gasteiger partial charge in [0.2, 0.25) is 0 Å². The largest absolute Gasteiger partial charge is 0.0928 e. The van der Waals surface area contributed by atoms with Crippen molar-refractivity contribution in [1.82, 2.24) is 0 Å². The van der Waals surface area contributed by atoms with Crippen LogP contribution < -0.4 is 0 Å². The molecule has 0 nitrogen and oxygen atoms in total. The first kappa shape index (κ1) is 13.0. The van der Waals surface area contributed by atoms with Crippen LogP contribution in [0.3, 0.4) is 0 Å². The fourth-order valence-electron chi connectivity index (χ4n) is 1.24. The van der Waals surface area contributed by atoms with Crippen molar-refractivity contribution in [2.45, 2.75) is 56.7 Å². The first-order chi connectivity index (χ1) is 5.81. The summed E-state index contributed by atoms with van der Waals surface area (Å²) in [6, 6.07) is 0. The van der Waals surface area contributed by atoms with E-state index in [2.05, 4.69) is 38.8 Å². The molecule has 0 rings (SSSR count). The van der Waals surface area contributed by atoms with E-state index in [1.54, 1.807) is 0 Å². The van der Waals surface area contributed by atoms with Gasteiger partial charge >= 0.3 is 0 Å². The molecule has 0 amide bonds. The number of halogens is 2. The molecule has 0 fully saturated rings. The van der Waals surface area contributed by atoms with Gasteiger partial charge in [-0.15, -0.1) is 0 Å². The molecular formula is C10H20Br2. The molecule has 74 valence electrons. The molecule has 0 aliphatic heterocycles. The summed E-state index contributed by atoms with van der Waals surface area (Å²) in [5.74, 6) is 0. The summed E-state index contributed by atoms with van der Waals surface area (Å²) in [5.41, 5.74) is 0. The second-order valence-corrected chi connectivity index (χ2v) is 5.37. The van der Waals surface area contributed by atoms with E-state index >= 15 is 0 Å². The van der Waals surface area contributed by atoms with Crippen molar-refractivity contribution in [3.05, 3.63) is 0 Å². The molecule has 0 aliphatic rings. The molecule has 0 saturated heterocycles. The van der Waals surface area contributed by atoms with Gasteiger partial charge in [0.15, 0.2) is 0 Å². The number of unbranched alkanes of at least 4 members (excludes halogenated alkanes) is 3. The van der Waals surface area contributed by atoms with Crippen LogP contribution in [0.5, 0.6) is 0 Å². The first-order valence-corrected chi connectivity index (χ1v) is 7.05. The quantitative estimate of drug-likeness (QED) is 0.442. The van der Waals surface area contributed by atoms with Gasteiger partial charge in [-0.2, -0.15) is 0 Å². The van der Waals surface area contributed by atoms with Crippen molar-refractivity contribution in [2.24, 2.45) is 0 Å². The lowest BCUT2D eigenvalue weighted by Gasteiger charge is -2.07. The van der Waals surface area contributed by atoms with E-state index in [0.717, 1.165) is 10.2 Å². The topological polar surface area (TPSA) is 0 Å². The van der Waals surface area contributed by atoms with Crippen LogP contribution in [-0.2, 0) is 0 Å². The summed E-state index contributed by atoms with van der Waals surface area (Å²) >= 11 is 7.16. The lowest BCUT2D eigenvalue weighted by Crippen LogP contribution is -1.97. The standard InChI is InChI=1S/C10H20Br2/c1-2-3-4-5-7-10(12)8-6-9-11/h10H,2-9H2,1H3. The van der Waals surface area contributed by atoms with Crippen LogP contribution in [0.2, 0.25) is 0 Å². The van der Waals surface area contributed by atoms with Crippen molar-refractivity contribution in [1.29, 1.82) is 0 Å². The zero-order valence-electron chi connectivity index (χ0n) is 7.99. The Labute approximate surface area is 93.8 Å². The molecule has 1 atom stereocenters. The second-order valence-electron chi connectivity index (χ2n) is 3.28. The average Bonchev–Trinajstić information content (AvgIpc) is 2.09. The van der Waals surface area contributed by atoms with Crippen LogP contribution in [0.4, 0.5) is 0 Å². The molecular weight excluding hydrogens is 280 g/mol. The van der Waals surface area contributed by atoms with Crippen LogP contribution in [0.15, 0.2) is 0 Å². The van der Waals surface area contributed by atoms with Gasteiger partial charge < -0.3 is 0 Å². The van der Waals surface area contributed by atoms with E-state index < -0.39 is 0 Å². The zero-order valence-corrected chi connectivity index (χ0v) is 11.2. The normalized spacial score (nSPS) is 13.2. The number of alkyl halides is 2. The van der Waals surface area contributed by atoms with Crippen molar-refractivity contribution >= 4 is 31.9 Å². The third-order valence-corrected chi connectivity index (χ3v) is 3.50.